The van der Waals surface area contributed by atoms with E-state index in [1.807, 2.05) is 27.3 Å². The second kappa shape index (κ2) is 8.78. The molecule has 0 unspecified atom stereocenters. The summed E-state index contributed by atoms with van der Waals surface area (Å²) in [4.78, 5) is 0. The molecule has 0 aromatic heterocycles. The Labute approximate surface area is 124 Å². The van der Waals surface area contributed by atoms with Crippen LogP contribution in [-0.4, -0.2) is 28.1 Å². The number of nitriles is 1. The zero-order valence-corrected chi connectivity index (χ0v) is 14.4. The molecule has 0 amide bonds. The number of hydrogen-bond acceptors (Lipinski definition) is 4. The topological polar surface area (TPSA) is 51.5 Å². The van der Waals surface area contributed by atoms with Crippen LogP contribution < -0.4 is 0 Å². The van der Waals surface area contributed by atoms with Gasteiger partial charge >= 0.3 is 8.80 Å². The van der Waals surface area contributed by atoms with Crippen LogP contribution in [0.15, 0.2) is 0 Å². The lowest BCUT2D eigenvalue weighted by molar-refractivity contribution is -0.00857. The van der Waals surface area contributed by atoms with Gasteiger partial charge in [-0.3, -0.25) is 0 Å². The first-order valence-electron chi connectivity index (χ1n) is 7.91. The van der Waals surface area contributed by atoms with Gasteiger partial charge in [-0.25, -0.2) is 0 Å². The Hall–Kier alpha value is -0.413. The van der Waals surface area contributed by atoms with E-state index in [0.29, 0.717) is 19.1 Å². The monoisotopic (exact) mass is 299 g/mol. The molecule has 0 spiro atoms. The maximum atomic E-state index is 9.30. The molecular weight excluding hydrogens is 270 g/mol. The summed E-state index contributed by atoms with van der Waals surface area (Å²) in [5.74, 6) is 0.344. The van der Waals surface area contributed by atoms with Crippen molar-refractivity contribution >= 4 is 8.80 Å². The lowest BCUT2D eigenvalue weighted by Crippen LogP contribution is -2.49. The second-order valence-corrected chi connectivity index (χ2v) is 8.16. The molecule has 0 N–H and O–H groups in total. The van der Waals surface area contributed by atoms with Gasteiger partial charge in [0.2, 0.25) is 0 Å². The summed E-state index contributed by atoms with van der Waals surface area (Å²) in [5, 5.41) is 9.30. The van der Waals surface area contributed by atoms with Crippen LogP contribution in [0.5, 0.6) is 0 Å². The van der Waals surface area contributed by atoms with Crippen molar-refractivity contribution in [1.82, 2.24) is 0 Å². The third-order valence-corrected chi connectivity index (χ3v) is 6.30. The Morgan fingerprint density at radius 3 is 2.15 bits per heavy atom. The first-order valence-corrected chi connectivity index (χ1v) is 10.1. The van der Waals surface area contributed by atoms with Crippen molar-refractivity contribution in [3.63, 3.8) is 0 Å². The lowest BCUT2D eigenvalue weighted by Gasteiger charge is -2.37. The van der Waals surface area contributed by atoms with E-state index in [9.17, 15) is 5.26 Å². The maximum absolute atomic E-state index is 9.30. The lowest BCUT2D eigenvalue weighted by atomic mass is 9.81. The van der Waals surface area contributed by atoms with E-state index in [2.05, 4.69) is 6.07 Å². The van der Waals surface area contributed by atoms with Crippen molar-refractivity contribution in [2.45, 2.75) is 65.5 Å². The molecule has 5 heteroatoms. The number of nitrogens with zero attached hydrogens (tertiary/aromatic N) is 1. The van der Waals surface area contributed by atoms with Crippen LogP contribution in [0, 0.1) is 23.2 Å². The smallest absolute Gasteiger partial charge is 0.374 e. The Morgan fingerprint density at radius 2 is 1.70 bits per heavy atom. The summed E-state index contributed by atoms with van der Waals surface area (Å²) in [5.41, 5.74) is 0. The van der Waals surface area contributed by atoms with Crippen molar-refractivity contribution in [2.24, 2.45) is 11.8 Å². The SMILES string of the molecule is CCO[Si](C)(OCC)O[C@H](C1CCCCC1)[C@@H](C)C#N. The van der Waals surface area contributed by atoms with Gasteiger partial charge in [0.05, 0.1) is 18.1 Å². The number of hydrogen-bond donors (Lipinski definition) is 0. The van der Waals surface area contributed by atoms with Gasteiger partial charge in [-0.15, -0.1) is 0 Å². The largest absolute Gasteiger partial charge is 0.497 e. The minimum atomic E-state index is -2.63. The van der Waals surface area contributed by atoms with Crippen molar-refractivity contribution in [3.8, 4) is 6.07 Å². The molecule has 1 saturated carbocycles. The molecule has 1 aliphatic rings. The van der Waals surface area contributed by atoms with Crippen LogP contribution in [0.25, 0.3) is 0 Å². The molecule has 4 nitrogen and oxygen atoms in total. The minimum absolute atomic E-state index is 0.0601. The van der Waals surface area contributed by atoms with E-state index in [1.165, 1.54) is 19.3 Å². The Bertz CT molecular complexity index is 307. The highest BCUT2D eigenvalue weighted by Crippen LogP contribution is 2.33. The zero-order valence-electron chi connectivity index (χ0n) is 13.4. The van der Waals surface area contributed by atoms with Crippen molar-refractivity contribution in [3.05, 3.63) is 0 Å². The normalized spacial score (nSPS) is 20.4. The highest BCUT2D eigenvalue weighted by atomic mass is 28.4. The zero-order chi connectivity index (χ0) is 15.0. The summed E-state index contributed by atoms with van der Waals surface area (Å²) in [6, 6.07) is 2.36. The molecule has 20 heavy (non-hydrogen) atoms. The van der Waals surface area contributed by atoms with E-state index in [-0.39, 0.29) is 12.0 Å². The predicted molar refractivity (Wildman–Crippen MR) is 81.1 cm³/mol. The molecule has 0 aromatic carbocycles. The van der Waals surface area contributed by atoms with Crippen LogP contribution in [0.4, 0.5) is 0 Å². The van der Waals surface area contributed by atoms with Gasteiger partial charge in [-0.1, -0.05) is 19.3 Å². The summed E-state index contributed by atoms with van der Waals surface area (Å²) in [6.07, 6.45) is 6.03. The van der Waals surface area contributed by atoms with Crippen LogP contribution in [-0.2, 0) is 13.3 Å². The van der Waals surface area contributed by atoms with Gasteiger partial charge in [0, 0.05) is 19.8 Å². The summed E-state index contributed by atoms with van der Waals surface area (Å²) >= 11 is 0. The molecule has 116 valence electrons. The van der Waals surface area contributed by atoms with Gasteiger partial charge in [0.25, 0.3) is 0 Å². The molecule has 0 aromatic rings. The van der Waals surface area contributed by atoms with Crippen molar-refractivity contribution in [2.75, 3.05) is 13.2 Å². The predicted octanol–water partition coefficient (Wildman–Crippen LogP) is 3.75. The quantitative estimate of drug-likeness (QED) is 0.640. The van der Waals surface area contributed by atoms with Gasteiger partial charge in [0.15, 0.2) is 0 Å². The van der Waals surface area contributed by atoms with E-state index < -0.39 is 8.80 Å². The third kappa shape index (κ3) is 5.17. The second-order valence-electron chi connectivity index (χ2n) is 5.63. The fourth-order valence-corrected chi connectivity index (χ4v) is 5.18. The highest BCUT2D eigenvalue weighted by Gasteiger charge is 2.41. The van der Waals surface area contributed by atoms with Gasteiger partial charge in [-0.2, -0.15) is 5.26 Å². The van der Waals surface area contributed by atoms with Crippen LogP contribution in [0.1, 0.15) is 52.9 Å². The average Bonchev–Trinajstić information content (AvgIpc) is 2.45. The van der Waals surface area contributed by atoms with Crippen LogP contribution in [0.2, 0.25) is 6.55 Å². The summed E-state index contributed by atoms with van der Waals surface area (Å²) in [7, 11) is -2.63. The van der Waals surface area contributed by atoms with Crippen molar-refractivity contribution < 1.29 is 13.3 Å². The Balaban J connectivity index is 2.78. The molecule has 0 bridgehead atoms. The molecule has 0 saturated heterocycles. The molecule has 1 rings (SSSR count). The third-order valence-electron chi connectivity index (χ3n) is 3.97. The maximum Gasteiger partial charge on any atom is 0.497 e. The molecule has 1 aliphatic carbocycles. The van der Waals surface area contributed by atoms with Crippen molar-refractivity contribution in [1.29, 1.82) is 5.26 Å². The number of rotatable bonds is 8. The van der Waals surface area contributed by atoms with Gasteiger partial charge in [0.1, 0.15) is 0 Å². The van der Waals surface area contributed by atoms with Crippen LogP contribution in [0.3, 0.4) is 0 Å². The van der Waals surface area contributed by atoms with E-state index >= 15 is 0 Å². The van der Waals surface area contributed by atoms with Crippen LogP contribution >= 0.6 is 0 Å². The fraction of sp³-hybridized carbons (Fsp3) is 0.933. The van der Waals surface area contributed by atoms with E-state index in [0.717, 1.165) is 12.8 Å². The molecule has 0 heterocycles. The van der Waals surface area contributed by atoms with Gasteiger partial charge in [-0.05, 0) is 39.5 Å². The molecule has 2 atom stereocenters. The first-order chi connectivity index (χ1) is 9.56. The highest BCUT2D eigenvalue weighted by molar-refractivity contribution is 6.59. The molecule has 0 aliphatic heterocycles. The van der Waals surface area contributed by atoms with Gasteiger partial charge < -0.3 is 13.3 Å². The van der Waals surface area contributed by atoms with E-state index in [1.54, 1.807) is 0 Å². The molecule has 1 fully saturated rings. The Morgan fingerprint density at radius 1 is 1.15 bits per heavy atom. The average molecular weight is 299 g/mol. The summed E-state index contributed by atoms with van der Waals surface area (Å²) < 4.78 is 17.8. The molecular formula is C15H29NO3Si. The van der Waals surface area contributed by atoms with E-state index in [4.69, 9.17) is 13.3 Å². The fourth-order valence-electron chi connectivity index (χ4n) is 3.02. The minimum Gasteiger partial charge on any atom is -0.374 e. The standard InChI is InChI=1S/C15H29NO3Si/c1-5-17-20(4,18-6-2)19-15(13(3)12-16)14-10-8-7-9-11-14/h13-15H,5-11H2,1-4H3/t13-,15-/m0/s1. The Kier molecular flexibility index (Phi) is 7.74. The molecule has 0 radical (unpaired) electrons. The summed E-state index contributed by atoms with van der Waals surface area (Å²) in [6.45, 7) is 8.97. The first kappa shape index (κ1) is 17.6.